The summed E-state index contributed by atoms with van der Waals surface area (Å²) in [5.74, 6) is -1.19. The molecule has 2 fully saturated rings. The second-order valence-electron chi connectivity index (χ2n) is 10.2. The number of hydrogen-bond donors (Lipinski definition) is 4. The number of likely N-dealkylation sites (tertiary alicyclic amines) is 1. The number of aliphatic hydroxyl groups excluding tert-OH is 1. The van der Waals surface area contributed by atoms with Gasteiger partial charge in [0, 0.05) is 12.5 Å². The molecule has 2 aromatic rings. The van der Waals surface area contributed by atoms with Gasteiger partial charge < -0.3 is 15.5 Å². The predicted octanol–water partition coefficient (Wildman–Crippen LogP) is 2.51. The highest BCUT2D eigenvalue weighted by atomic mass is 32.2. The Labute approximate surface area is 217 Å². The Hall–Kier alpha value is -2.79. The van der Waals surface area contributed by atoms with Crippen LogP contribution in [0.25, 0.3) is 0 Å². The number of carboxylic acid groups (broad SMARTS) is 1. The summed E-state index contributed by atoms with van der Waals surface area (Å²) < 4.78 is 23.4. The lowest BCUT2D eigenvalue weighted by Crippen LogP contribution is -2.43. The zero-order valence-corrected chi connectivity index (χ0v) is 21.7. The largest absolute Gasteiger partial charge is 0.478 e. The van der Waals surface area contributed by atoms with Crippen LogP contribution >= 0.6 is 0 Å². The summed E-state index contributed by atoms with van der Waals surface area (Å²) in [5, 5.41) is 27.4. The number of aromatic carboxylic acids is 1. The van der Waals surface area contributed by atoms with Crippen LogP contribution in [-0.2, 0) is 21.4 Å². The van der Waals surface area contributed by atoms with Gasteiger partial charge in [-0.1, -0.05) is 36.4 Å². The van der Waals surface area contributed by atoms with Gasteiger partial charge in [-0.05, 0) is 74.4 Å². The number of primary sulfonamides is 1. The molecule has 1 saturated heterocycles. The zero-order chi connectivity index (χ0) is 26.7. The normalized spacial score (nSPS) is 25.5. The maximum absolute atomic E-state index is 13.1. The van der Waals surface area contributed by atoms with Gasteiger partial charge in [0.05, 0.1) is 29.0 Å². The standard InChI is InChI=1S/C27H35N3O6S/c1-17(19-7-9-20(10-8-19)27(33)34)29-26(32)24-6-3-13-30(24)16-18-4-2-5-21(14-18)23-12-11-22(15-25(23)31)37(28,35)36/h2,4-5,7-10,14,17,22-25,31H,3,6,11-13,15-16H2,1H3,(H,29,32)(H,33,34)(H2,28,35,36)/t17-,22?,23?,24+,25?/m0/s1. The summed E-state index contributed by atoms with van der Waals surface area (Å²) in [4.78, 5) is 26.4. The lowest BCUT2D eigenvalue weighted by molar-refractivity contribution is -0.126. The first-order valence-corrected chi connectivity index (χ1v) is 14.3. The van der Waals surface area contributed by atoms with Crippen molar-refractivity contribution in [1.29, 1.82) is 0 Å². The number of carbonyl (C=O) groups excluding carboxylic acids is 1. The molecule has 37 heavy (non-hydrogen) atoms. The highest BCUT2D eigenvalue weighted by molar-refractivity contribution is 7.89. The number of sulfonamides is 1. The van der Waals surface area contributed by atoms with E-state index in [-0.39, 0.29) is 35.9 Å². The second-order valence-corrected chi connectivity index (χ2v) is 12.1. The number of carboxylic acids is 1. The molecule has 5 N–H and O–H groups in total. The first-order valence-electron chi connectivity index (χ1n) is 12.7. The van der Waals surface area contributed by atoms with Crippen LogP contribution < -0.4 is 10.5 Å². The van der Waals surface area contributed by atoms with E-state index in [0.717, 1.165) is 36.1 Å². The summed E-state index contributed by atoms with van der Waals surface area (Å²) in [6.45, 7) is 3.27. The van der Waals surface area contributed by atoms with Crippen molar-refractivity contribution in [1.82, 2.24) is 10.2 Å². The lowest BCUT2D eigenvalue weighted by atomic mass is 9.81. The van der Waals surface area contributed by atoms with Crippen LogP contribution in [0.15, 0.2) is 48.5 Å². The fourth-order valence-electron chi connectivity index (χ4n) is 5.57. The molecule has 9 nitrogen and oxygen atoms in total. The zero-order valence-electron chi connectivity index (χ0n) is 20.9. The molecule has 0 radical (unpaired) electrons. The Morgan fingerprint density at radius 2 is 1.86 bits per heavy atom. The van der Waals surface area contributed by atoms with E-state index in [2.05, 4.69) is 10.2 Å². The molecule has 200 valence electrons. The first kappa shape index (κ1) is 27.3. The summed E-state index contributed by atoms with van der Waals surface area (Å²) in [5.41, 5.74) is 3.05. The molecule has 10 heteroatoms. The number of nitrogens with zero attached hydrogens (tertiary/aromatic N) is 1. The third-order valence-corrected chi connectivity index (χ3v) is 9.04. The number of hydrogen-bond acceptors (Lipinski definition) is 6. The lowest BCUT2D eigenvalue weighted by Gasteiger charge is -2.32. The molecule has 1 amide bonds. The third kappa shape index (κ3) is 6.56. The maximum Gasteiger partial charge on any atom is 0.335 e. The van der Waals surface area contributed by atoms with Gasteiger partial charge in [0.1, 0.15) is 0 Å². The van der Waals surface area contributed by atoms with Gasteiger partial charge in [-0.15, -0.1) is 0 Å². The van der Waals surface area contributed by atoms with E-state index >= 15 is 0 Å². The van der Waals surface area contributed by atoms with E-state index in [1.807, 2.05) is 31.2 Å². The molecule has 5 atom stereocenters. The molecule has 3 unspecified atom stereocenters. The Kier molecular flexibility index (Phi) is 8.33. The molecule has 1 heterocycles. The minimum absolute atomic E-state index is 0.0554. The number of nitrogens with two attached hydrogens (primary N) is 1. The van der Waals surface area contributed by atoms with Gasteiger partial charge in [0.25, 0.3) is 0 Å². The van der Waals surface area contributed by atoms with Gasteiger partial charge in [0.15, 0.2) is 0 Å². The number of aliphatic hydroxyl groups is 1. The summed E-state index contributed by atoms with van der Waals surface area (Å²) in [7, 11) is -3.66. The molecule has 0 spiro atoms. The van der Waals surface area contributed by atoms with Gasteiger partial charge in [-0.2, -0.15) is 0 Å². The van der Waals surface area contributed by atoms with Crippen molar-refractivity contribution < 1.29 is 28.2 Å². The van der Waals surface area contributed by atoms with E-state index in [0.29, 0.717) is 19.4 Å². The van der Waals surface area contributed by atoms with E-state index in [1.54, 1.807) is 12.1 Å². The molecule has 0 aromatic heterocycles. The number of rotatable bonds is 8. The minimum Gasteiger partial charge on any atom is -0.478 e. The van der Waals surface area contributed by atoms with Crippen molar-refractivity contribution in [3.05, 3.63) is 70.8 Å². The Balaban J connectivity index is 1.38. The fourth-order valence-corrected chi connectivity index (χ4v) is 6.50. The van der Waals surface area contributed by atoms with Crippen molar-refractivity contribution >= 4 is 21.9 Å². The summed E-state index contributed by atoms with van der Waals surface area (Å²) in [6, 6.07) is 13.9. The average Bonchev–Trinajstić information content (AvgIpc) is 3.31. The van der Waals surface area contributed by atoms with Crippen LogP contribution in [0, 0.1) is 0 Å². The molecule has 2 aliphatic rings. The monoisotopic (exact) mass is 529 g/mol. The quantitative estimate of drug-likeness (QED) is 0.410. The Morgan fingerprint density at radius 3 is 2.51 bits per heavy atom. The van der Waals surface area contributed by atoms with Crippen molar-refractivity contribution in [2.75, 3.05) is 6.54 Å². The fraction of sp³-hybridized carbons (Fsp3) is 0.481. The van der Waals surface area contributed by atoms with Crippen molar-refractivity contribution in [3.63, 3.8) is 0 Å². The number of benzene rings is 2. The molecule has 1 aliphatic carbocycles. The van der Waals surface area contributed by atoms with E-state index in [1.165, 1.54) is 12.1 Å². The third-order valence-electron chi connectivity index (χ3n) is 7.68. The van der Waals surface area contributed by atoms with Crippen LogP contribution in [0.4, 0.5) is 0 Å². The van der Waals surface area contributed by atoms with Crippen molar-refractivity contribution in [2.45, 2.75) is 74.9 Å². The smallest absolute Gasteiger partial charge is 0.335 e. The number of amides is 1. The van der Waals surface area contributed by atoms with E-state index in [9.17, 15) is 23.1 Å². The summed E-state index contributed by atoms with van der Waals surface area (Å²) >= 11 is 0. The van der Waals surface area contributed by atoms with Gasteiger partial charge in [-0.25, -0.2) is 18.4 Å². The predicted molar refractivity (Wildman–Crippen MR) is 139 cm³/mol. The molecular weight excluding hydrogens is 494 g/mol. The Bertz CT molecular complexity index is 1230. The topological polar surface area (TPSA) is 150 Å². The van der Waals surface area contributed by atoms with Crippen LogP contribution in [0.1, 0.15) is 78.0 Å². The van der Waals surface area contributed by atoms with Crippen molar-refractivity contribution in [2.24, 2.45) is 5.14 Å². The van der Waals surface area contributed by atoms with Crippen molar-refractivity contribution in [3.8, 4) is 0 Å². The van der Waals surface area contributed by atoms with Crippen LogP contribution in [0.3, 0.4) is 0 Å². The number of nitrogens with one attached hydrogen (secondary N) is 1. The average molecular weight is 530 g/mol. The highest BCUT2D eigenvalue weighted by Crippen LogP contribution is 2.36. The number of carbonyl (C=O) groups is 2. The summed E-state index contributed by atoms with van der Waals surface area (Å²) in [6.07, 6.45) is 2.01. The van der Waals surface area contributed by atoms with Gasteiger partial charge in [0.2, 0.25) is 15.9 Å². The Morgan fingerprint density at radius 1 is 1.14 bits per heavy atom. The van der Waals surface area contributed by atoms with Gasteiger partial charge >= 0.3 is 5.97 Å². The van der Waals surface area contributed by atoms with Crippen LogP contribution in [-0.4, -0.2) is 59.3 Å². The molecule has 4 rings (SSSR count). The second kappa shape index (κ2) is 11.3. The first-order chi connectivity index (χ1) is 17.5. The molecule has 1 saturated carbocycles. The highest BCUT2D eigenvalue weighted by Gasteiger charge is 2.36. The van der Waals surface area contributed by atoms with E-state index in [4.69, 9.17) is 10.2 Å². The van der Waals surface area contributed by atoms with Crippen LogP contribution in [0.2, 0.25) is 0 Å². The van der Waals surface area contributed by atoms with Gasteiger partial charge in [-0.3, -0.25) is 9.69 Å². The molecular formula is C27H35N3O6S. The SMILES string of the molecule is C[C@H](NC(=O)[C@H]1CCCN1Cc1cccc(C2CCC(S(N)(=O)=O)CC2O)c1)c1ccc(C(=O)O)cc1. The molecule has 0 bridgehead atoms. The maximum atomic E-state index is 13.1. The van der Waals surface area contributed by atoms with Crippen LogP contribution in [0.5, 0.6) is 0 Å². The molecule has 2 aromatic carbocycles. The molecule has 1 aliphatic heterocycles. The van der Waals surface area contributed by atoms with E-state index < -0.39 is 27.3 Å². The minimum atomic E-state index is -3.66.